The van der Waals surface area contributed by atoms with Crippen molar-refractivity contribution < 1.29 is 18.0 Å². The number of hydrogen-bond acceptors (Lipinski definition) is 4. The van der Waals surface area contributed by atoms with Crippen LogP contribution in [-0.2, 0) is 11.0 Å². The third kappa shape index (κ3) is 5.13. The second-order valence-electron chi connectivity index (χ2n) is 8.23. The molecule has 3 heterocycles. The van der Waals surface area contributed by atoms with Gasteiger partial charge in [0.15, 0.2) is 0 Å². The normalized spacial score (nSPS) is 15.1. The van der Waals surface area contributed by atoms with E-state index in [0.717, 1.165) is 34.9 Å². The molecule has 0 aliphatic carbocycles. The van der Waals surface area contributed by atoms with Crippen molar-refractivity contribution in [1.29, 1.82) is 0 Å². The number of carbonyl (C=O) groups is 1. The van der Waals surface area contributed by atoms with Crippen LogP contribution in [0.3, 0.4) is 0 Å². The lowest BCUT2D eigenvalue weighted by Gasteiger charge is -2.22. The van der Waals surface area contributed by atoms with Gasteiger partial charge in [0.2, 0.25) is 5.91 Å². The second kappa shape index (κ2) is 9.70. The molecule has 1 aliphatic heterocycles. The number of alkyl halides is 3. The molecule has 0 bridgehead atoms. The van der Waals surface area contributed by atoms with Crippen LogP contribution < -0.4 is 4.90 Å². The van der Waals surface area contributed by atoms with Gasteiger partial charge in [-0.1, -0.05) is 18.2 Å². The van der Waals surface area contributed by atoms with Crippen molar-refractivity contribution in [3.8, 4) is 5.69 Å². The van der Waals surface area contributed by atoms with Crippen molar-refractivity contribution in [2.24, 2.45) is 0 Å². The zero-order chi connectivity index (χ0) is 24.3. The molecular formula is C25H26F3N5O. The lowest BCUT2D eigenvalue weighted by molar-refractivity contribution is -0.137. The molecule has 2 aromatic heterocycles. The summed E-state index contributed by atoms with van der Waals surface area (Å²) in [6, 6.07) is 12.2. The SMILES string of the molecule is Cc1nn(-c2ccccc2)c(C)c1/C=C/C(=O)N1CCCN(c2ccc(C(F)(F)F)cn2)CC1. The van der Waals surface area contributed by atoms with E-state index in [-0.39, 0.29) is 5.91 Å². The van der Waals surface area contributed by atoms with Crippen molar-refractivity contribution in [3.05, 3.63) is 77.3 Å². The minimum atomic E-state index is -4.41. The summed E-state index contributed by atoms with van der Waals surface area (Å²) in [6.45, 7) is 6.04. The Morgan fingerprint density at radius 3 is 2.44 bits per heavy atom. The number of carbonyl (C=O) groups excluding carboxylic acids is 1. The summed E-state index contributed by atoms with van der Waals surface area (Å²) >= 11 is 0. The van der Waals surface area contributed by atoms with Gasteiger partial charge in [0, 0.05) is 49.7 Å². The molecule has 1 aromatic carbocycles. The first kappa shape index (κ1) is 23.5. The molecule has 3 aromatic rings. The number of halogens is 3. The molecule has 6 nitrogen and oxygen atoms in total. The van der Waals surface area contributed by atoms with E-state index in [4.69, 9.17) is 0 Å². The summed E-state index contributed by atoms with van der Waals surface area (Å²) in [5.74, 6) is 0.380. The zero-order valence-corrected chi connectivity index (χ0v) is 19.1. The van der Waals surface area contributed by atoms with Crippen molar-refractivity contribution in [2.75, 3.05) is 31.1 Å². The lowest BCUT2D eigenvalue weighted by Crippen LogP contribution is -2.34. The van der Waals surface area contributed by atoms with Gasteiger partial charge in [0.25, 0.3) is 0 Å². The topological polar surface area (TPSA) is 54.3 Å². The van der Waals surface area contributed by atoms with E-state index >= 15 is 0 Å². The molecular weight excluding hydrogens is 443 g/mol. The number of rotatable bonds is 4. The number of anilines is 1. The fraction of sp³-hybridized carbons (Fsp3) is 0.320. The van der Waals surface area contributed by atoms with Crippen LogP contribution >= 0.6 is 0 Å². The summed E-state index contributed by atoms with van der Waals surface area (Å²) in [4.78, 5) is 20.5. The van der Waals surface area contributed by atoms with Crippen molar-refractivity contribution >= 4 is 17.8 Å². The fourth-order valence-corrected chi connectivity index (χ4v) is 4.08. The second-order valence-corrected chi connectivity index (χ2v) is 8.23. The van der Waals surface area contributed by atoms with E-state index in [0.29, 0.717) is 38.4 Å². The number of aryl methyl sites for hydroxylation is 1. The monoisotopic (exact) mass is 469 g/mol. The number of nitrogens with zero attached hydrogens (tertiary/aromatic N) is 5. The van der Waals surface area contributed by atoms with E-state index in [1.165, 1.54) is 6.07 Å². The molecule has 1 fully saturated rings. The fourth-order valence-electron chi connectivity index (χ4n) is 4.08. The van der Waals surface area contributed by atoms with Gasteiger partial charge in [-0.25, -0.2) is 9.67 Å². The van der Waals surface area contributed by atoms with Crippen LogP contribution in [0, 0.1) is 13.8 Å². The highest BCUT2D eigenvalue weighted by molar-refractivity contribution is 5.92. The molecule has 9 heteroatoms. The van der Waals surface area contributed by atoms with Gasteiger partial charge in [0.1, 0.15) is 5.82 Å². The van der Waals surface area contributed by atoms with Crippen LogP contribution in [0.15, 0.2) is 54.7 Å². The maximum absolute atomic E-state index is 12.9. The van der Waals surface area contributed by atoms with E-state index in [9.17, 15) is 18.0 Å². The van der Waals surface area contributed by atoms with Crippen LogP contribution in [0.1, 0.15) is 28.9 Å². The van der Waals surface area contributed by atoms with Crippen LogP contribution in [0.4, 0.5) is 19.0 Å². The van der Waals surface area contributed by atoms with Gasteiger partial charge in [-0.2, -0.15) is 18.3 Å². The molecule has 1 saturated heterocycles. The van der Waals surface area contributed by atoms with Gasteiger partial charge >= 0.3 is 6.18 Å². The first-order valence-corrected chi connectivity index (χ1v) is 11.1. The van der Waals surface area contributed by atoms with E-state index in [2.05, 4.69) is 10.1 Å². The molecule has 0 saturated carbocycles. The van der Waals surface area contributed by atoms with Crippen LogP contribution in [0.2, 0.25) is 0 Å². The summed E-state index contributed by atoms with van der Waals surface area (Å²) in [5.41, 5.74) is 2.87. The third-order valence-corrected chi connectivity index (χ3v) is 5.95. The number of aromatic nitrogens is 3. The third-order valence-electron chi connectivity index (χ3n) is 5.95. The Labute approximate surface area is 196 Å². The lowest BCUT2D eigenvalue weighted by atomic mass is 10.1. The average Bonchev–Trinajstić information content (AvgIpc) is 2.98. The summed E-state index contributed by atoms with van der Waals surface area (Å²) in [6.07, 6.45) is 0.518. The smallest absolute Gasteiger partial charge is 0.355 e. The Morgan fingerprint density at radius 1 is 1.00 bits per heavy atom. The van der Waals surface area contributed by atoms with E-state index in [1.807, 2.05) is 53.8 Å². The summed E-state index contributed by atoms with van der Waals surface area (Å²) in [5, 5.41) is 4.61. The van der Waals surface area contributed by atoms with Gasteiger partial charge in [-0.15, -0.1) is 0 Å². The van der Waals surface area contributed by atoms with Crippen molar-refractivity contribution in [3.63, 3.8) is 0 Å². The Bertz CT molecular complexity index is 1170. The van der Waals surface area contributed by atoms with Crippen LogP contribution in [0.5, 0.6) is 0 Å². The number of benzene rings is 1. The summed E-state index contributed by atoms with van der Waals surface area (Å²) in [7, 11) is 0. The predicted molar refractivity (Wildman–Crippen MR) is 125 cm³/mol. The largest absolute Gasteiger partial charge is 0.417 e. The molecule has 0 unspecified atom stereocenters. The van der Waals surface area contributed by atoms with E-state index < -0.39 is 11.7 Å². The van der Waals surface area contributed by atoms with Crippen molar-refractivity contribution in [1.82, 2.24) is 19.7 Å². The standard InChI is InChI=1S/C25H26F3N5O/c1-18-22(19(2)33(30-18)21-7-4-3-5-8-21)10-12-24(34)32-14-6-13-31(15-16-32)23-11-9-20(17-29-23)25(26,27)28/h3-5,7-12,17H,6,13-16H2,1-2H3/b12-10+. The molecule has 1 amide bonds. The Kier molecular flexibility index (Phi) is 6.72. The minimum absolute atomic E-state index is 0.103. The first-order valence-electron chi connectivity index (χ1n) is 11.1. The average molecular weight is 470 g/mol. The highest BCUT2D eigenvalue weighted by Gasteiger charge is 2.31. The molecule has 0 spiro atoms. The molecule has 178 valence electrons. The van der Waals surface area contributed by atoms with Gasteiger partial charge in [0.05, 0.1) is 16.9 Å². The van der Waals surface area contributed by atoms with E-state index in [1.54, 1.807) is 17.1 Å². The maximum Gasteiger partial charge on any atom is 0.417 e. The number of para-hydroxylation sites is 1. The Morgan fingerprint density at radius 2 is 1.76 bits per heavy atom. The Balaban J connectivity index is 1.41. The van der Waals surface area contributed by atoms with Gasteiger partial charge < -0.3 is 9.80 Å². The minimum Gasteiger partial charge on any atom is -0.355 e. The van der Waals surface area contributed by atoms with Gasteiger partial charge in [-0.3, -0.25) is 4.79 Å². The summed E-state index contributed by atoms with van der Waals surface area (Å²) < 4.78 is 40.2. The highest BCUT2D eigenvalue weighted by Crippen LogP contribution is 2.29. The number of pyridine rings is 1. The van der Waals surface area contributed by atoms with Crippen molar-refractivity contribution in [2.45, 2.75) is 26.4 Å². The molecule has 1 aliphatic rings. The Hall–Kier alpha value is -3.62. The molecule has 34 heavy (non-hydrogen) atoms. The highest BCUT2D eigenvalue weighted by atomic mass is 19.4. The zero-order valence-electron chi connectivity index (χ0n) is 19.1. The van der Waals surface area contributed by atoms with Gasteiger partial charge in [-0.05, 0) is 50.6 Å². The predicted octanol–water partition coefficient (Wildman–Crippen LogP) is 4.66. The molecule has 0 atom stereocenters. The molecule has 0 radical (unpaired) electrons. The number of amides is 1. The van der Waals surface area contributed by atoms with Crippen LogP contribution in [-0.4, -0.2) is 51.8 Å². The first-order chi connectivity index (χ1) is 16.2. The quantitative estimate of drug-likeness (QED) is 0.522. The molecule has 0 N–H and O–H groups in total. The molecule has 4 rings (SSSR count). The number of hydrogen-bond donors (Lipinski definition) is 0. The maximum atomic E-state index is 12.9. The van der Waals surface area contributed by atoms with Crippen LogP contribution in [0.25, 0.3) is 11.8 Å².